The Balaban J connectivity index is 2.09. The second-order valence-electron chi connectivity index (χ2n) is 8.63. The van der Waals surface area contributed by atoms with Crippen molar-refractivity contribution in [3.05, 3.63) is 22.8 Å². The molecule has 0 heterocycles. The van der Waals surface area contributed by atoms with Crippen LogP contribution in [0.25, 0.3) is 0 Å². The number of aliphatic hydroxyl groups is 1. The van der Waals surface area contributed by atoms with Gasteiger partial charge in [-0.2, -0.15) is 0 Å². The molecule has 0 saturated heterocycles. The van der Waals surface area contributed by atoms with Crippen molar-refractivity contribution in [2.24, 2.45) is 22.7 Å². The Morgan fingerprint density at radius 1 is 1.14 bits per heavy atom. The number of rotatable bonds is 1. The van der Waals surface area contributed by atoms with Gasteiger partial charge in [-0.3, -0.25) is 0 Å². The molecule has 0 aromatic rings. The van der Waals surface area contributed by atoms with Crippen LogP contribution in [0.3, 0.4) is 0 Å². The molecular weight excluding hydrogens is 256 g/mol. The zero-order valence-electron chi connectivity index (χ0n) is 14.3. The van der Waals surface area contributed by atoms with Gasteiger partial charge in [0.05, 0.1) is 0 Å². The molecule has 1 nitrogen and oxygen atoms in total. The second kappa shape index (κ2) is 5.26. The molecule has 0 amide bonds. The third-order valence-corrected chi connectivity index (χ3v) is 7.06. The normalized spacial score (nSPS) is 41.7. The third kappa shape index (κ3) is 2.42. The summed E-state index contributed by atoms with van der Waals surface area (Å²) in [5.41, 5.74) is 5.60. The highest BCUT2D eigenvalue weighted by Crippen LogP contribution is 2.56. The van der Waals surface area contributed by atoms with E-state index in [4.69, 9.17) is 0 Å². The number of fused-ring (bicyclic) bond motifs is 3. The summed E-state index contributed by atoms with van der Waals surface area (Å²) in [6.07, 6.45) is 11.5. The highest BCUT2D eigenvalue weighted by atomic mass is 16.3. The minimum atomic E-state index is 0.262. The summed E-state index contributed by atoms with van der Waals surface area (Å²) in [7, 11) is 0. The van der Waals surface area contributed by atoms with Crippen LogP contribution in [0, 0.1) is 22.7 Å². The molecule has 2 bridgehead atoms. The van der Waals surface area contributed by atoms with Gasteiger partial charge in [0.15, 0.2) is 0 Å². The van der Waals surface area contributed by atoms with Gasteiger partial charge in [-0.05, 0) is 80.1 Å². The largest absolute Gasteiger partial charge is 0.396 e. The Morgan fingerprint density at radius 3 is 2.62 bits per heavy atom. The molecule has 21 heavy (non-hydrogen) atoms. The first-order valence-corrected chi connectivity index (χ1v) is 8.90. The van der Waals surface area contributed by atoms with Crippen LogP contribution in [0.15, 0.2) is 22.8 Å². The molecule has 3 atom stereocenters. The van der Waals surface area contributed by atoms with Crippen molar-refractivity contribution in [3.8, 4) is 0 Å². The van der Waals surface area contributed by atoms with E-state index in [9.17, 15) is 5.11 Å². The maximum absolute atomic E-state index is 9.81. The standard InChI is InChI=1S/C20H32O/c1-14-6-5-10-20(4)11-9-17-15(13-21)7-8-16(12-18(14)20)19(17,2)3/h12,15,17,21H,5-11,13H2,1-4H3/b16-12-/t15-,17-,20-/m0/s1. The predicted octanol–water partition coefficient (Wildman–Crippen LogP) is 5.26. The summed E-state index contributed by atoms with van der Waals surface area (Å²) in [5.74, 6) is 1.17. The van der Waals surface area contributed by atoms with Crippen molar-refractivity contribution in [2.75, 3.05) is 6.61 Å². The van der Waals surface area contributed by atoms with E-state index in [0.29, 0.717) is 23.9 Å². The highest BCUT2D eigenvalue weighted by Gasteiger charge is 2.45. The third-order valence-electron chi connectivity index (χ3n) is 7.06. The Bertz CT molecular complexity index is 482. The van der Waals surface area contributed by atoms with Gasteiger partial charge in [-0.1, -0.05) is 38.0 Å². The first kappa shape index (κ1) is 15.3. The van der Waals surface area contributed by atoms with Gasteiger partial charge < -0.3 is 5.11 Å². The smallest absolute Gasteiger partial charge is 0.0462 e. The monoisotopic (exact) mass is 288 g/mol. The molecule has 118 valence electrons. The molecular formula is C20H32O. The van der Waals surface area contributed by atoms with Gasteiger partial charge in [-0.15, -0.1) is 0 Å². The lowest BCUT2D eigenvalue weighted by molar-refractivity contribution is 0.0563. The molecule has 0 aliphatic heterocycles. The van der Waals surface area contributed by atoms with E-state index in [1.165, 1.54) is 44.9 Å². The average molecular weight is 288 g/mol. The summed E-state index contributed by atoms with van der Waals surface area (Å²) >= 11 is 0. The van der Waals surface area contributed by atoms with Gasteiger partial charge in [-0.25, -0.2) is 0 Å². The van der Waals surface area contributed by atoms with Crippen molar-refractivity contribution in [1.29, 1.82) is 0 Å². The summed E-state index contributed by atoms with van der Waals surface area (Å²) in [6.45, 7) is 10.1. The molecule has 1 fully saturated rings. The summed E-state index contributed by atoms with van der Waals surface area (Å²) in [6, 6.07) is 0. The van der Waals surface area contributed by atoms with Crippen LogP contribution < -0.4 is 0 Å². The molecule has 3 aliphatic carbocycles. The maximum Gasteiger partial charge on any atom is 0.0462 e. The van der Waals surface area contributed by atoms with Crippen LogP contribution in [0.2, 0.25) is 0 Å². The fourth-order valence-electron chi connectivity index (χ4n) is 5.50. The Kier molecular flexibility index (Phi) is 3.84. The molecule has 0 radical (unpaired) electrons. The van der Waals surface area contributed by atoms with Crippen LogP contribution in [0.4, 0.5) is 0 Å². The highest BCUT2D eigenvalue weighted by molar-refractivity contribution is 5.39. The van der Waals surface area contributed by atoms with Gasteiger partial charge in [0.25, 0.3) is 0 Å². The van der Waals surface area contributed by atoms with Crippen LogP contribution in [-0.4, -0.2) is 11.7 Å². The topological polar surface area (TPSA) is 20.2 Å². The molecule has 1 saturated carbocycles. The van der Waals surface area contributed by atoms with E-state index in [1.807, 2.05) is 0 Å². The Labute approximate surface area is 130 Å². The van der Waals surface area contributed by atoms with Gasteiger partial charge in [0.2, 0.25) is 0 Å². The number of hydrogen-bond acceptors (Lipinski definition) is 1. The Hall–Kier alpha value is -0.560. The SMILES string of the molecule is CC1=C2/C=C3/CC[C@@H](CO)[C@H](CC[C@]2(C)CCC1)C3(C)C. The fourth-order valence-corrected chi connectivity index (χ4v) is 5.50. The van der Waals surface area contributed by atoms with Gasteiger partial charge in [0.1, 0.15) is 0 Å². The summed E-state index contributed by atoms with van der Waals surface area (Å²) in [5, 5.41) is 9.81. The number of aliphatic hydroxyl groups excluding tert-OH is 1. The molecule has 0 aromatic carbocycles. The first-order chi connectivity index (χ1) is 9.88. The van der Waals surface area contributed by atoms with Crippen LogP contribution in [0.5, 0.6) is 0 Å². The molecule has 0 aromatic heterocycles. The molecule has 0 spiro atoms. The van der Waals surface area contributed by atoms with Crippen LogP contribution >= 0.6 is 0 Å². The van der Waals surface area contributed by atoms with E-state index < -0.39 is 0 Å². The zero-order chi connectivity index (χ0) is 15.3. The second-order valence-corrected chi connectivity index (χ2v) is 8.63. The molecule has 1 heteroatoms. The van der Waals surface area contributed by atoms with Crippen molar-refractivity contribution < 1.29 is 5.11 Å². The van der Waals surface area contributed by atoms with Crippen molar-refractivity contribution in [2.45, 2.75) is 72.6 Å². The van der Waals surface area contributed by atoms with Crippen LogP contribution in [-0.2, 0) is 0 Å². The summed E-state index contributed by atoms with van der Waals surface area (Å²) in [4.78, 5) is 0. The van der Waals surface area contributed by atoms with Crippen molar-refractivity contribution in [1.82, 2.24) is 0 Å². The zero-order valence-corrected chi connectivity index (χ0v) is 14.3. The van der Waals surface area contributed by atoms with E-state index in [-0.39, 0.29) is 5.41 Å². The maximum atomic E-state index is 9.81. The minimum absolute atomic E-state index is 0.262. The lowest BCUT2D eigenvalue weighted by Gasteiger charge is -2.50. The predicted molar refractivity (Wildman–Crippen MR) is 89.1 cm³/mol. The lowest BCUT2D eigenvalue weighted by Crippen LogP contribution is -2.41. The van der Waals surface area contributed by atoms with E-state index in [1.54, 1.807) is 16.7 Å². The number of hydrogen-bond donors (Lipinski definition) is 1. The minimum Gasteiger partial charge on any atom is -0.396 e. The van der Waals surface area contributed by atoms with Crippen molar-refractivity contribution >= 4 is 0 Å². The van der Waals surface area contributed by atoms with E-state index >= 15 is 0 Å². The molecule has 0 unspecified atom stereocenters. The summed E-state index contributed by atoms with van der Waals surface area (Å²) < 4.78 is 0. The van der Waals surface area contributed by atoms with E-state index in [0.717, 1.165) is 0 Å². The fraction of sp³-hybridized carbons (Fsp3) is 0.800. The quantitative estimate of drug-likeness (QED) is 0.698. The van der Waals surface area contributed by atoms with Crippen LogP contribution in [0.1, 0.15) is 72.6 Å². The van der Waals surface area contributed by atoms with Gasteiger partial charge >= 0.3 is 0 Å². The molecule has 1 N–H and O–H groups in total. The lowest BCUT2D eigenvalue weighted by atomic mass is 9.55. The molecule has 3 aliphatic rings. The van der Waals surface area contributed by atoms with Gasteiger partial charge in [0, 0.05) is 6.61 Å². The first-order valence-electron chi connectivity index (χ1n) is 8.90. The number of allylic oxidation sites excluding steroid dienone is 4. The molecule has 3 rings (SSSR count). The average Bonchev–Trinajstić information content (AvgIpc) is 2.42. The van der Waals surface area contributed by atoms with E-state index in [2.05, 4.69) is 33.8 Å². The Morgan fingerprint density at radius 2 is 1.90 bits per heavy atom. The van der Waals surface area contributed by atoms with Crippen molar-refractivity contribution in [3.63, 3.8) is 0 Å².